The van der Waals surface area contributed by atoms with Crippen molar-refractivity contribution in [2.45, 2.75) is 64.7 Å². The highest BCUT2D eigenvalue weighted by atomic mass is 15.3. The highest BCUT2D eigenvalue weighted by Crippen LogP contribution is 2.30. The van der Waals surface area contributed by atoms with Gasteiger partial charge in [0.05, 0.1) is 12.2 Å². The summed E-state index contributed by atoms with van der Waals surface area (Å²) in [5, 5.41) is 4.40. The number of likely N-dealkylation sites (tertiary alicyclic amines) is 1. The second kappa shape index (κ2) is 5.85. The molecule has 1 fully saturated rings. The van der Waals surface area contributed by atoms with Crippen LogP contribution >= 0.6 is 0 Å². The lowest BCUT2D eigenvalue weighted by Gasteiger charge is -2.35. The van der Waals surface area contributed by atoms with E-state index in [-0.39, 0.29) is 6.04 Å². The maximum atomic E-state index is 6.41. The van der Waals surface area contributed by atoms with Crippen LogP contribution in [0.3, 0.4) is 0 Å². The number of nitrogens with two attached hydrogens (primary N) is 1. The molecule has 0 amide bonds. The molecule has 2 unspecified atom stereocenters. The van der Waals surface area contributed by atoms with E-state index < -0.39 is 0 Å². The normalized spacial score (nSPS) is 26.5. The fourth-order valence-corrected chi connectivity index (χ4v) is 2.94. The van der Waals surface area contributed by atoms with Gasteiger partial charge in [0, 0.05) is 30.4 Å². The summed E-state index contributed by atoms with van der Waals surface area (Å²) in [6, 6.07) is 1.08. The minimum Gasteiger partial charge on any atom is -0.326 e. The summed E-state index contributed by atoms with van der Waals surface area (Å²) in [6.45, 7) is 8.70. The van der Waals surface area contributed by atoms with Crippen LogP contribution in [-0.2, 0) is 6.54 Å². The van der Waals surface area contributed by atoms with E-state index >= 15 is 0 Å². The van der Waals surface area contributed by atoms with E-state index in [1.54, 1.807) is 0 Å². The lowest BCUT2D eigenvalue weighted by atomic mass is 9.98. The zero-order valence-electron chi connectivity index (χ0n) is 11.8. The highest BCUT2D eigenvalue weighted by Gasteiger charge is 2.31. The van der Waals surface area contributed by atoms with E-state index in [0.29, 0.717) is 12.1 Å². The number of hydrogen-bond acceptors (Lipinski definition) is 3. The molecule has 1 aromatic rings. The van der Waals surface area contributed by atoms with Gasteiger partial charge in [0.15, 0.2) is 0 Å². The summed E-state index contributed by atoms with van der Waals surface area (Å²) in [6.07, 6.45) is 7.76. The van der Waals surface area contributed by atoms with Crippen molar-refractivity contribution < 1.29 is 0 Å². The predicted octanol–water partition coefficient (Wildman–Crippen LogP) is 2.17. The van der Waals surface area contributed by atoms with Gasteiger partial charge in [0.25, 0.3) is 0 Å². The Hall–Kier alpha value is -0.870. The van der Waals surface area contributed by atoms with Gasteiger partial charge in [0.1, 0.15) is 0 Å². The number of hydrogen-bond donors (Lipinski definition) is 1. The van der Waals surface area contributed by atoms with E-state index in [0.717, 1.165) is 19.5 Å². The third-order valence-corrected chi connectivity index (χ3v) is 3.95. The Bertz CT molecular complexity index is 372. The molecule has 0 radical (unpaired) electrons. The van der Waals surface area contributed by atoms with Gasteiger partial charge in [-0.1, -0.05) is 6.42 Å². The molecule has 4 heteroatoms. The van der Waals surface area contributed by atoms with Crippen LogP contribution < -0.4 is 5.73 Å². The fourth-order valence-electron chi connectivity index (χ4n) is 2.94. The van der Waals surface area contributed by atoms with Gasteiger partial charge in [0.2, 0.25) is 0 Å². The topological polar surface area (TPSA) is 47.1 Å². The third-order valence-electron chi connectivity index (χ3n) is 3.95. The van der Waals surface area contributed by atoms with E-state index in [1.165, 1.54) is 18.4 Å². The number of aryl methyl sites for hydroxylation is 1. The molecule has 1 aliphatic rings. The molecule has 102 valence electrons. The first kappa shape index (κ1) is 13.6. The Morgan fingerprint density at radius 1 is 1.44 bits per heavy atom. The standard InChI is InChI=1S/C14H26N4/c1-4-17-10-12(9-16-17)14-13(15)7-5-6-8-18(14)11(2)3/h9-11,13-14H,4-8,15H2,1-3H3. The zero-order valence-corrected chi connectivity index (χ0v) is 11.8. The summed E-state index contributed by atoms with van der Waals surface area (Å²) in [7, 11) is 0. The van der Waals surface area contributed by atoms with Crippen molar-refractivity contribution in [1.29, 1.82) is 0 Å². The fraction of sp³-hybridized carbons (Fsp3) is 0.786. The molecule has 2 heterocycles. The first-order valence-electron chi connectivity index (χ1n) is 7.17. The summed E-state index contributed by atoms with van der Waals surface area (Å²) < 4.78 is 1.99. The average Bonchev–Trinajstić information content (AvgIpc) is 2.72. The minimum absolute atomic E-state index is 0.226. The van der Waals surface area contributed by atoms with Crippen LogP contribution in [0.4, 0.5) is 0 Å². The average molecular weight is 250 g/mol. The van der Waals surface area contributed by atoms with Gasteiger partial charge in [-0.3, -0.25) is 9.58 Å². The molecule has 1 aromatic heterocycles. The molecule has 1 saturated heterocycles. The molecule has 2 atom stereocenters. The Kier molecular flexibility index (Phi) is 4.40. The second-order valence-corrected chi connectivity index (χ2v) is 5.57. The maximum Gasteiger partial charge on any atom is 0.0538 e. The van der Waals surface area contributed by atoms with Crippen molar-refractivity contribution in [2.75, 3.05) is 6.54 Å². The van der Waals surface area contributed by atoms with Gasteiger partial charge < -0.3 is 5.73 Å². The van der Waals surface area contributed by atoms with E-state index in [4.69, 9.17) is 5.73 Å². The summed E-state index contributed by atoms with van der Waals surface area (Å²) in [5.41, 5.74) is 7.69. The van der Waals surface area contributed by atoms with Gasteiger partial charge in [-0.05, 0) is 40.2 Å². The summed E-state index contributed by atoms with van der Waals surface area (Å²) in [5.74, 6) is 0. The number of aromatic nitrogens is 2. The van der Waals surface area contributed by atoms with Crippen LogP contribution in [0.1, 0.15) is 51.6 Å². The minimum atomic E-state index is 0.226. The van der Waals surface area contributed by atoms with Crippen molar-refractivity contribution in [2.24, 2.45) is 5.73 Å². The molecular weight excluding hydrogens is 224 g/mol. The predicted molar refractivity (Wildman–Crippen MR) is 74.3 cm³/mol. The first-order chi connectivity index (χ1) is 8.63. The number of nitrogens with zero attached hydrogens (tertiary/aromatic N) is 3. The smallest absolute Gasteiger partial charge is 0.0538 e. The zero-order chi connectivity index (χ0) is 13.1. The second-order valence-electron chi connectivity index (χ2n) is 5.57. The Balaban J connectivity index is 2.27. The molecule has 0 saturated carbocycles. The molecule has 0 bridgehead atoms. The van der Waals surface area contributed by atoms with Crippen LogP contribution in [-0.4, -0.2) is 33.3 Å². The van der Waals surface area contributed by atoms with Crippen molar-refractivity contribution in [3.63, 3.8) is 0 Å². The Morgan fingerprint density at radius 3 is 2.83 bits per heavy atom. The van der Waals surface area contributed by atoms with Crippen molar-refractivity contribution in [1.82, 2.24) is 14.7 Å². The maximum absolute atomic E-state index is 6.41. The molecule has 0 aliphatic carbocycles. The Morgan fingerprint density at radius 2 is 2.22 bits per heavy atom. The van der Waals surface area contributed by atoms with Crippen molar-refractivity contribution in [3.8, 4) is 0 Å². The van der Waals surface area contributed by atoms with Gasteiger partial charge in [-0.25, -0.2) is 0 Å². The Labute approximate surface area is 110 Å². The third kappa shape index (κ3) is 2.75. The molecule has 18 heavy (non-hydrogen) atoms. The molecule has 2 rings (SSSR count). The largest absolute Gasteiger partial charge is 0.326 e. The molecule has 0 aromatic carbocycles. The van der Waals surface area contributed by atoms with Crippen LogP contribution in [0.5, 0.6) is 0 Å². The summed E-state index contributed by atoms with van der Waals surface area (Å²) >= 11 is 0. The van der Waals surface area contributed by atoms with Crippen LogP contribution in [0.25, 0.3) is 0 Å². The summed E-state index contributed by atoms with van der Waals surface area (Å²) in [4.78, 5) is 2.54. The molecule has 2 N–H and O–H groups in total. The van der Waals surface area contributed by atoms with Gasteiger partial charge >= 0.3 is 0 Å². The molecule has 1 aliphatic heterocycles. The quantitative estimate of drug-likeness (QED) is 0.894. The number of rotatable bonds is 3. The monoisotopic (exact) mass is 250 g/mol. The highest BCUT2D eigenvalue weighted by molar-refractivity contribution is 5.14. The van der Waals surface area contributed by atoms with Gasteiger partial charge in [-0.2, -0.15) is 5.10 Å². The van der Waals surface area contributed by atoms with Crippen molar-refractivity contribution >= 4 is 0 Å². The van der Waals surface area contributed by atoms with Gasteiger partial charge in [-0.15, -0.1) is 0 Å². The van der Waals surface area contributed by atoms with E-state index in [9.17, 15) is 0 Å². The van der Waals surface area contributed by atoms with Crippen LogP contribution in [0.15, 0.2) is 12.4 Å². The van der Waals surface area contributed by atoms with E-state index in [1.807, 2.05) is 10.9 Å². The van der Waals surface area contributed by atoms with Crippen LogP contribution in [0, 0.1) is 0 Å². The molecule has 0 spiro atoms. The molecular formula is C14H26N4. The van der Waals surface area contributed by atoms with Crippen molar-refractivity contribution in [3.05, 3.63) is 18.0 Å². The lowest BCUT2D eigenvalue weighted by molar-refractivity contribution is 0.144. The van der Waals surface area contributed by atoms with E-state index in [2.05, 4.69) is 37.0 Å². The SMILES string of the molecule is CCn1cc(C2C(N)CCCCN2C(C)C)cn1. The first-order valence-corrected chi connectivity index (χ1v) is 7.17. The van der Waals surface area contributed by atoms with Crippen LogP contribution in [0.2, 0.25) is 0 Å². The lowest BCUT2D eigenvalue weighted by Crippen LogP contribution is -2.43. The molecule has 4 nitrogen and oxygen atoms in total.